The lowest BCUT2D eigenvalue weighted by Crippen LogP contribution is -2.62. The molecular formula is C19H23F3N2O3. The average Bonchev–Trinajstić information content (AvgIpc) is 2.88. The second-order valence-corrected chi connectivity index (χ2v) is 7.34. The normalized spacial score (nSPS) is 25.2. The largest absolute Gasteiger partial charge is 0.483 e. The number of hydrogen-bond donors (Lipinski definition) is 1. The van der Waals surface area contributed by atoms with Crippen molar-refractivity contribution in [3.63, 3.8) is 0 Å². The van der Waals surface area contributed by atoms with E-state index in [0.717, 1.165) is 16.7 Å². The van der Waals surface area contributed by atoms with E-state index in [1.165, 1.54) is 0 Å². The molecule has 1 aliphatic heterocycles. The Bertz CT molecular complexity index is 768. The number of hydrazone groups is 1. The van der Waals surface area contributed by atoms with Crippen molar-refractivity contribution in [3.05, 3.63) is 28.8 Å². The summed E-state index contributed by atoms with van der Waals surface area (Å²) in [5.74, 6) is -1.78. The molecule has 2 atom stereocenters. The van der Waals surface area contributed by atoms with Crippen molar-refractivity contribution in [2.24, 2.45) is 11.0 Å². The van der Waals surface area contributed by atoms with Gasteiger partial charge >= 0.3 is 6.18 Å². The van der Waals surface area contributed by atoms with Crippen molar-refractivity contribution in [2.45, 2.75) is 58.4 Å². The summed E-state index contributed by atoms with van der Waals surface area (Å²) in [6.07, 6.45) is -3.25. The number of aryl methyl sites for hydroxylation is 3. The van der Waals surface area contributed by atoms with E-state index in [2.05, 4.69) is 5.10 Å². The maximum Gasteiger partial charge on any atom is 0.439 e. The summed E-state index contributed by atoms with van der Waals surface area (Å²) in [5, 5.41) is 14.5. The number of benzene rings is 1. The van der Waals surface area contributed by atoms with Crippen LogP contribution in [-0.4, -0.2) is 40.2 Å². The number of hydrogen-bond acceptors (Lipinski definition) is 4. The molecule has 1 aromatic carbocycles. The number of alkyl halides is 3. The Morgan fingerprint density at radius 2 is 1.93 bits per heavy atom. The van der Waals surface area contributed by atoms with Crippen LogP contribution >= 0.6 is 0 Å². The average molecular weight is 384 g/mol. The molecule has 0 unspecified atom stereocenters. The maximum absolute atomic E-state index is 13.7. The zero-order chi connectivity index (χ0) is 20.0. The number of aliphatic hydroxyl groups is 1. The lowest BCUT2D eigenvalue weighted by molar-refractivity contribution is -0.317. The third-order valence-corrected chi connectivity index (χ3v) is 5.21. The summed E-state index contributed by atoms with van der Waals surface area (Å²) in [6, 6.07) is 3.73. The number of carbonyl (C=O) groups is 1. The van der Waals surface area contributed by atoms with Gasteiger partial charge in [0.05, 0.1) is 5.92 Å². The molecule has 5 nitrogen and oxygen atoms in total. The molecule has 8 heteroatoms. The second-order valence-electron chi connectivity index (χ2n) is 7.34. The first-order valence-corrected chi connectivity index (χ1v) is 8.96. The molecule has 1 N–H and O–H groups in total. The van der Waals surface area contributed by atoms with Gasteiger partial charge in [0.15, 0.2) is 6.61 Å². The van der Waals surface area contributed by atoms with Crippen molar-refractivity contribution < 1.29 is 27.8 Å². The van der Waals surface area contributed by atoms with E-state index in [0.29, 0.717) is 25.0 Å². The predicted octanol–water partition coefficient (Wildman–Crippen LogP) is 3.63. The van der Waals surface area contributed by atoms with Gasteiger partial charge in [-0.2, -0.15) is 23.3 Å². The Labute approximate surface area is 155 Å². The third-order valence-electron chi connectivity index (χ3n) is 5.21. The Morgan fingerprint density at radius 1 is 1.30 bits per heavy atom. The van der Waals surface area contributed by atoms with E-state index in [1.807, 2.05) is 19.1 Å². The molecule has 0 saturated heterocycles. The smallest absolute Gasteiger partial charge is 0.439 e. The zero-order valence-electron chi connectivity index (χ0n) is 15.6. The molecule has 1 fully saturated rings. The Hall–Kier alpha value is -2.09. The van der Waals surface area contributed by atoms with Gasteiger partial charge in [-0.05, 0) is 51.2 Å². The topological polar surface area (TPSA) is 62.1 Å². The molecule has 0 aromatic heterocycles. The molecule has 2 aliphatic rings. The molecule has 3 rings (SSSR count). The number of carbonyl (C=O) groups excluding carboxylic acids is 1. The number of ether oxygens (including phenoxy) is 1. The van der Waals surface area contributed by atoms with Crippen LogP contribution in [0, 0.1) is 26.7 Å². The molecule has 1 heterocycles. The quantitative estimate of drug-likeness (QED) is 0.866. The molecule has 27 heavy (non-hydrogen) atoms. The molecule has 1 saturated carbocycles. The van der Waals surface area contributed by atoms with Gasteiger partial charge in [-0.3, -0.25) is 4.79 Å². The summed E-state index contributed by atoms with van der Waals surface area (Å²) >= 11 is 0. The standard InChI is InChI=1S/C19H23F3N2O3/c1-11-8-12(2)17(13(3)9-11)27-10-16(25)24-18(26,19(20,21)22)14-6-4-5-7-15(14)23-24/h8-9,14,26H,4-7,10H2,1-3H3/t14-,18-/m0/s1. The minimum atomic E-state index is -5.01. The Morgan fingerprint density at radius 3 is 2.52 bits per heavy atom. The highest BCUT2D eigenvalue weighted by Crippen LogP contribution is 2.48. The second kappa shape index (κ2) is 6.82. The monoisotopic (exact) mass is 384 g/mol. The van der Waals surface area contributed by atoms with E-state index in [4.69, 9.17) is 4.74 Å². The van der Waals surface area contributed by atoms with Gasteiger partial charge in [-0.1, -0.05) is 24.1 Å². The van der Waals surface area contributed by atoms with Crippen molar-refractivity contribution in [3.8, 4) is 5.75 Å². The third kappa shape index (κ3) is 3.31. The van der Waals surface area contributed by atoms with Crippen molar-refractivity contribution in [2.75, 3.05) is 6.61 Å². The summed E-state index contributed by atoms with van der Waals surface area (Å²) in [7, 11) is 0. The number of amides is 1. The zero-order valence-corrected chi connectivity index (χ0v) is 15.6. The van der Waals surface area contributed by atoms with Crippen LogP contribution in [-0.2, 0) is 4.79 Å². The Kier molecular flexibility index (Phi) is 4.96. The predicted molar refractivity (Wildman–Crippen MR) is 93.4 cm³/mol. The molecule has 0 bridgehead atoms. The highest BCUT2D eigenvalue weighted by molar-refractivity contribution is 5.93. The number of rotatable bonds is 3. The molecule has 148 valence electrons. The Balaban J connectivity index is 1.84. The number of fused-ring (bicyclic) bond motifs is 1. The van der Waals surface area contributed by atoms with E-state index in [1.54, 1.807) is 13.8 Å². The highest BCUT2D eigenvalue weighted by atomic mass is 19.4. The fourth-order valence-corrected chi connectivity index (χ4v) is 4.05. The van der Waals surface area contributed by atoms with Crippen LogP contribution < -0.4 is 4.74 Å². The van der Waals surface area contributed by atoms with E-state index in [-0.39, 0.29) is 17.1 Å². The molecule has 1 aliphatic carbocycles. The lowest BCUT2D eigenvalue weighted by Gasteiger charge is -2.38. The fraction of sp³-hybridized carbons (Fsp3) is 0.579. The minimum Gasteiger partial charge on any atom is -0.483 e. The fourth-order valence-electron chi connectivity index (χ4n) is 4.05. The van der Waals surface area contributed by atoms with Crippen molar-refractivity contribution in [1.82, 2.24) is 5.01 Å². The molecule has 1 aromatic rings. The molecule has 0 spiro atoms. The summed E-state index contributed by atoms with van der Waals surface area (Å²) < 4.78 is 46.6. The number of halogens is 3. The van der Waals surface area contributed by atoms with E-state index >= 15 is 0 Å². The van der Waals surface area contributed by atoms with Gasteiger partial charge in [0.1, 0.15) is 5.75 Å². The van der Waals surface area contributed by atoms with Gasteiger partial charge in [0.2, 0.25) is 0 Å². The number of nitrogens with zero attached hydrogens (tertiary/aromatic N) is 2. The van der Waals surface area contributed by atoms with Gasteiger partial charge in [0, 0.05) is 5.71 Å². The highest BCUT2D eigenvalue weighted by Gasteiger charge is 2.68. The van der Waals surface area contributed by atoms with Gasteiger partial charge < -0.3 is 9.84 Å². The van der Waals surface area contributed by atoms with Gasteiger partial charge in [0.25, 0.3) is 11.6 Å². The summed E-state index contributed by atoms with van der Waals surface area (Å²) in [4.78, 5) is 12.5. The van der Waals surface area contributed by atoms with Crippen LogP contribution in [0.5, 0.6) is 5.75 Å². The van der Waals surface area contributed by atoms with Gasteiger partial charge in [-0.25, -0.2) is 0 Å². The van der Waals surface area contributed by atoms with Crippen LogP contribution in [0.2, 0.25) is 0 Å². The van der Waals surface area contributed by atoms with Crippen LogP contribution in [0.1, 0.15) is 42.4 Å². The first kappa shape index (κ1) is 19.7. The van der Waals surface area contributed by atoms with Crippen LogP contribution in [0.4, 0.5) is 13.2 Å². The van der Waals surface area contributed by atoms with Crippen LogP contribution in [0.3, 0.4) is 0 Å². The lowest BCUT2D eigenvalue weighted by atomic mass is 9.80. The summed E-state index contributed by atoms with van der Waals surface area (Å²) in [6.45, 7) is 4.89. The van der Waals surface area contributed by atoms with Crippen molar-refractivity contribution >= 4 is 11.6 Å². The maximum atomic E-state index is 13.7. The SMILES string of the molecule is Cc1cc(C)c(OCC(=O)N2N=C3CCCC[C@@H]3[C@]2(O)C(F)(F)F)c(C)c1. The summed E-state index contributed by atoms with van der Waals surface area (Å²) in [5.41, 5.74) is -0.483. The van der Waals surface area contributed by atoms with Crippen LogP contribution in [0.25, 0.3) is 0 Å². The van der Waals surface area contributed by atoms with Gasteiger partial charge in [-0.15, -0.1) is 0 Å². The molecule has 1 amide bonds. The minimum absolute atomic E-state index is 0.148. The van der Waals surface area contributed by atoms with Crippen molar-refractivity contribution in [1.29, 1.82) is 0 Å². The van der Waals surface area contributed by atoms with E-state index in [9.17, 15) is 23.1 Å². The van der Waals surface area contributed by atoms with E-state index < -0.39 is 30.3 Å². The first-order chi connectivity index (χ1) is 12.6. The first-order valence-electron chi connectivity index (χ1n) is 8.96. The molecule has 0 radical (unpaired) electrons. The molecular weight excluding hydrogens is 361 g/mol. The van der Waals surface area contributed by atoms with Crippen LogP contribution in [0.15, 0.2) is 17.2 Å².